The predicted molar refractivity (Wildman–Crippen MR) is 71.2 cm³/mol. The molecule has 5 nitrogen and oxygen atoms in total. The second-order valence-corrected chi connectivity index (χ2v) is 4.95. The molecule has 0 aromatic carbocycles. The zero-order chi connectivity index (χ0) is 13.8. The van der Waals surface area contributed by atoms with Gasteiger partial charge in [0.1, 0.15) is 0 Å². The molecular formula is C14H19N3O2. The molecule has 102 valence electrons. The molecule has 2 rings (SSSR count). The summed E-state index contributed by atoms with van der Waals surface area (Å²) >= 11 is 0. The minimum Gasteiger partial charge on any atom is -0.346 e. The zero-order valence-electron chi connectivity index (χ0n) is 11.6. The zero-order valence-corrected chi connectivity index (χ0v) is 11.6. The molecule has 19 heavy (non-hydrogen) atoms. The van der Waals surface area contributed by atoms with Crippen molar-refractivity contribution in [3.8, 4) is 0 Å². The summed E-state index contributed by atoms with van der Waals surface area (Å²) in [5.41, 5.74) is 0.745. The van der Waals surface area contributed by atoms with E-state index in [1.54, 1.807) is 0 Å². The average molecular weight is 261 g/mol. The summed E-state index contributed by atoms with van der Waals surface area (Å²) in [5.74, 6) is 1.68. The Kier molecular flexibility index (Phi) is 4.14. The van der Waals surface area contributed by atoms with Crippen LogP contribution in [0.2, 0.25) is 0 Å². The van der Waals surface area contributed by atoms with Crippen molar-refractivity contribution in [3.05, 3.63) is 35.7 Å². The van der Waals surface area contributed by atoms with Gasteiger partial charge in [0.2, 0.25) is 5.89 Å². The van der Waals surface area contributed by atoms with Crippen LogP contribution in [0.15, 0.2) is 23.0 Å². The molecule has 0 fully saturated rings. The van der Waals surface area contributed by atoms with Gasteiger partial charge in [-0.3, -0.25) is 4.79 Å². The van der Waals surface area contributed by atoms with Gasteiger partial charge in [0, 0.05) is 30.3 Å². The van der Waals surface area contributed by atoms with Crippen molar-refractivity contribution in [2.45, 2.75) is 46.1 Å². The summed E-state index contributed by atoms with van der Waals surface area (Å²) in [7, 11) is 0. The monoisotopic (exact) mass is 261 g/mol. The molecule has 0 atom stereocenters. The first-order valence-corrected chi connectivity index (χ1v) is 6.61. The molecule has 2 heterocycles. The summed E-state index contributed by atoms with van der Waals surface area (Å²) in [6, 6.07) is 1.83. The second kappa shape index (κ2) is 5.82. The number of aromatic nitrogens is 3. The first kappa shape index (κ1) is 13.5. The Morgan fingerprint density at radius 3 is 2.89 bits per heavy atom. The molecule has 0 aliphatic carbocycles. The molecule has 0 aliphatic rings. The highest BCUT2D eigenvalue weighted by Gasteiger charge is 2.11. The maximum atomic E-state index is 11.7. The Morgan fingerprint density at radius 2 is 2.26 bits per heavy atom. The molecular weight excluding hydrogens is 242 g/mol. The highest BCUT2D eigenvalue weighted by atomic mass is 16.5. The number of nitrogens with zero attached hydrogens (tertiary/aromatic N) is 3. The van der Waals surface area contributed by atoms with Crippen LogP contribution in [0.4, 0.5) is 0 Å². The lowest BCUT2D eigenvalue weighted by Gasteiger charge is -1.97. The lowest BCUT2D eigenvalue weighted by Crippen LogP contribution is -2.00. The number of hydrogen-bond acceptors (Lipinski definition) is 4. The van der Waals surface area contributed by atoms with Gasteiger partial charge in [-0.2, -0.15) is 4.98 Å². The standard InChI is InChI=1S/C14H19N3O2/c1-4-5-12(18)11-6-7-17(8-11)9-13-15-14(10(2)3)19-16-13/h6-8,10H,4-5,9H2,1-3H3. The molecule has 0 saturated carbocycles. The largest absolute Gasteiger partial charge is 0.346 e. The molecule has 0 unspecified atom stereocenters. The number of hydrogen-bond donors (Lipinski definition) is 0. The molecule has 0 saturated heterocycles. The number of ketones is 1. The first-order chi connectivity index (χ1) is 9.10. The van der Waals surface area contributed by atoms with Crippen molar-refractivity contribution < 1.29 is 9.32 Å². The van der Waals surface area contributed by atoms with E-state index in [0.717, 1.165) is 12.0 Å². The average Bonchev–Trinajstić information content (AvgIpc) is 2.99. The molecule has 5 heteroatoms. The topological polar surface area (TPSA) is 60.9 Å². The SMILES string of the molecule is CCCC(=O)c1ccn(Cc2noc(C(C)C)n2)c1. The molecule has 0 aliphatic heterocycles. The van der Waals surface area contributed by atoms with E-state index in [0.29, 0.717) is 24.7 Å². The third kappa shape index (κ3) is 3.30. The van der Waals surface area contributed by atoms with Crippen LogP contribution in [0.25, 0.3) is 0 Å². The minimum atomic E-state index is 0.178. The van der Waals surface area contributed by atoms with Crippen LogP contribution in [0.5, 0.6) is 0 Å². The Bertz CT molecular complexity index is 555. The first-order valence-electron chi connectivity index (χ1n) is 6.61. The van der Waals surface area contributed by atoms with Crippen molar-refractivity contribution >= 4 is 5.78 Å². The van der Waals surface area contributed by atoms with E-state index < -0.39 is 0 Å². The number of carbonyl (C=O) groups excluding carboxylic acids is 1. The molecule has 2 aromatic rings. The van der Waals surface area contributed by atoms with Crippen LogP contribution in [-0.4, -0.2) is 20.5 Å². The maximum absolute atomic E-state index is 11.7. The van der Waals surface area contributed by atoms with Gasteiger partial charge >= 0.3 is 0 Å². The third-order valence-corrected chi connectivity index (χ3v) is 2.85. The quantitative estimate of drug-likeness (QED) is 0.750. The molecule has 0 amide bonds. The van der Waals surface area contributed by atoms with Gasteiger partial charge in [0.15, 0.2) is 11.6 Å². The molecule has 0 bridgehead atoms. The van der Waals surface area contributed by atoms with E-state index in [2.05, 4.69) is 10.1 Å². The number of rotatable bonds is 6. The fourth-order valence-corrected chi connectivity index (χ4v) is 1.80. The van der Waals surface area contributed by atoms with Crippen LogP contribution in [0.3, 0.4) is 0 Å². The van der Waals surface area contributed by atoms with Crippen LogP contribution < -0.4 is 0 Å². The fourth-order valence-electron chi connectivity index (χ4n) is 1.80. The lowest BCUT2D eigenvalue weighted by molar-refractivity contribution is 0.0981. The van der Waals surface area contributed by atoms with Crippen LogP contribution in [0, 0.1) is 0 Å². The highest BCUT2D eigenvalue weighted by Crippen LogP contribution is 2.12. The molecule has 2 aromatic heterocycles. The summed E-state index contributed by atoms with van der Waals surface area (Å²) in [6.45, 7) is 6.54. The smallest absolute Gasteiger partial charge is 0.229 e. The van der Waals surface area contributed by atoms with Gasteiger partial charge in [-0.25, -0.2) is 0 Å². The van der Waals surface area contributed by atoms with Gasteiger partial charge in [0.25, 0.3) is 0 Å². The van der Waals surface area contributed by atoms with Gasteiger partial charge in [0.05, 0.1) is 6.54 Å². The third-order valence-electron chi connectivity index (χ3n) is 2.85. The van der Waals surface area contributed by atoms with E-state index in [9.17, 15) is 4.79 Å². The number of carbonyl (C=O) groups is 1. The number of Topliss-reactive ketones (excluding diaryl/α,β-unsaturated/α-hetero) is 1. The van der Waals surface area contributed by atoms with Crippen LogP contribution in [0.1, 0.15) is 61.6 Å². The summed E-state index contributed by atoms with van der Waals surface area (Å²) < 4.78 is 7.05. The van der Waals surface area contributed by atoms with Crippen molar-refractivity contribution in [1.82, 2.24) is 14.7 Å². The van der Waals surface area contributed by atoms with Crippen molar-refractivity contribution in [2.24, 2.45) is 0 Å². The van der Waals surface area contributed by atoms with Gasteiger partial charge in [-0.05, 0) is 12.5 Å². The molecule has 0 N–H and O–H groups in total. The lowest BCUT2D eigenvalue weighted by atomic mass is 10.1. The Morgan fingerprint density at radius 1 is 1.47 bits per heavy atom. The second-order valence-electron chi connectivity index (χ2n) is 4.95. The minimum absolute atomic E-state index is 0.178. The van der Waals surface area contributed by atoms with Crippen molar-refractivity contribution in [3.63, 3.8) is 0 Å². The van der Waals surface area contributed by atoms with E-state index in [4.69, 9.17) is 4.52 Å². The highest BCUT2D eigenvalue weighted by molar-refractivity contribution is 5.95. The summed E-state index contributed by atoms with van der Waals surface area (Å²) in [6.07, 6.45) is 5.16. The van der Waals surface area contributed by atoms with Gasteiger partial charge < -0.3 is 9.09 Å². The molecule has 0 radical (unpaired) electrons. The summed E-state index contributed by atoms with van der Waals surface area (Å²) in [5, 5.41) is 3.93. The Hall–Kier alpha value is -1.91. The van der Waals surface area contributed by atoms with E-state index in [1.807, 2.05) is 43.8 Å². The predicted octanol–water partition coefficient (Wildman–Crippen LogP) is 3.03. The van der Waals surface area contributed by atoms with E-state index in [-0.39, 0.29) is 11.7 Å². The van der Waals surface area contributed by atoms with Crippen LogP contribution in [-0.2, 0) is 6.54 Å². The van der Waals surface area contributed by atoms with Crippen LogP contribution >= 0.6 is 0 Å². The van der Waals surface area contributed by atoms with Gasteiger partial charge in [-0.1, -0.05) is 25.9 Å². The Labute approximate surface area is 112 Å². The molecule has 0 spiro atoms. The normalized spacial score (nSPS) is 11.2. The summed E-state index contributed by atoms with van der Waals surface area (Å²) in [4.78, 5) is 16.1. The van der Waals surface area contributed by atoms with E-state index in [1.165, 1.54) is 0 Å². The fraction of sp³-hybridized carbons (Fsp3) is 0.500. The van der Waals surface area contributed by atoms with Gasteiger partial charge in [-0.15, -0.1) is 0 Å². The van der Waals surface area contributed by atoms with Crippen molar-refractivity contribution in [2.75, 3.05) is 0 Å². The van der Waals surface area contributed by atoms with E-state index >= 15 is 0 Å². The maximum Gasteiger partial charge on any atom is 0.229 e. The van der Waals surface area contributed by atoms with Crippen molar-refractivity contribution in [1.29, 1.82) is 0 Å². The Balaban J connectivity index is 2.04.